The molecule has 2 rings (SSSR count). The number of aromatic nitrogens is 2. The van der Waals surface area contributed by atoms with Crippen LogP contribution in [0, 0.1) is 0 Å². The summed E-state index contributed by atoms with van der Waals surface area (Å²) in [5, 5.41) is 2.77. The molecule has 0 saturated heterocycles. The lowest BCUT2D eigenvalue weighted by Gasteiger charge is -2.13. The molecule has 0 atom stereocenters. The Bertz CT molecular complexity index is 677. The first-order valence-electron chi connectivity index (χ1n) is 6.05. The average Bonchev–Trinajstić information content (AvgIpc) is 3.02. The van der Waals surface area contributed by atoms with Crippen LogP contribution in [0.3, 0.4) is 0 Å². The highest BCUT2D eigenvalue weighted by Crippen LogP contribution is 2.30. The zero-order valence-corrected chi connectivity index (χ0v) is 12.2. The van der Waals surface area contributed by atoms with Crippen LogP contribution >= 0.6 is 11.3 Å². The first kappa shape index (κ1) is 16.0. The number of anilines is 1. The van der Waals surface area contributed by atoms with Crippen molar-refractivity contribution in [3.8, 4) is 0 Å². The molecule has 1 amide bonds. The zero-order chi connectivity index (χ0) is 16.2. The van der Waals surface area contributed by atoms with Gasteiger partial charge in [-0.25, -0.2) is 9.97 Å². The van der Waals surface area contributed by atoms with Gasteiger partial charge in [-0.1, -0.05) is 6.07 Å². The minimum absolute atomic E-state index is 0.0809. The molecule has 0 saturated carbocycles. The summed E-state index contributed by atoms with van der Waals surface area (Å²) in [5.74, 6) is -5.90. The van der Waals surface area contributed by atoms with Gasteiger partial charge in [-0.3, -0.25) is 9.59 Å². The highest BCUT2D eigenvalue weighted by molar-refractivity contribution is 7.09. The number of pyridine rings is 1. The predicted molar refractivity (Wildman–Crippen MR) is 74.6 cm³/mol. The van der Waals surface area contributed by atoms with Crippen molar-refractivity contribution in [3.05, 3.63) is 40.5 Å². The highest BCUT2D eigenvalue weighted by Gasteiger charge is 2.43. The number of alkyl halides is 2. The normalized spacial score (nSPS) is 11.0. The van der Waals surface area contributed by atoms with E-state index in [0.717, 1.165) is 0 Å². The van der Waals surface area contributed by atoms with Gasteiger partial charge in [0.1, 0.15) is 5.82 Å². The third kappa shape index (κ3) is 3.61. The summed E-state index contributed by atoms with van der Waals surface area (Å²) in [7, 11) is 1.22. The second kappa shape index (κ2) is 6.56. The molecule has 6 nitrogen and oxygen atoms in total. The first-order valence-corrected chi connectivity index (χ1v) is 6.93. The third-order valence-corrected chi connectivity index (χ3v) is 3.43. The van der Waals surface area contributed by atoms with Gasteiger partial charge in [-0.05, 0) is 12.1 Å². The minimum Gasteiger partial charge on any atom is -0.469 e. The molecule has 0 aliphatic rings. The molecule has 2 heterocycles. The second-order valence-corrected chi connectivity index (χ2v) is 5.03. The van der Waals surface area contributed by atoms with E-state index in [-0.39, 0.29) is 12.2 Å². The fraction of sp³-hybridized carbons (Fsp3) is 0.231. The van der Waals surface area contributed by atoms with Crippen molar-refractivity contribution < 1.29 is 23.1 Å². The van der Waals surface area contributed by atoms with Crippen LogP contribution < -0.4 is 5.32 Å². The maximum Gasteiger partial charge on any atom is 0.375 e. The number of nitrogens with one attached hydrogen (secondary N) is 1. The summed E-state index contributed by atoms with van der Waals surface area (Å²) < 4.78 is 32.2. The third-order valence-electron chi connectivity index (χ3n) is 2.59. The molecule has 0 fully saturated rings. The van der Waals surface area contributed by atoms with Gasteiger partial charge in [-0.15, -0.1) is 11.3 Å². The number of hydrogen-bond acceptors (Lipinski definition) is 6. The lowest BCUT2D eigenvalue weighted by atomic mass is 10.2. The van der Waals surface area contributed by atoms with Crippen molar-refractivity contribution in [2.75, 3.05) is 12.4 Å². The Morgan fingerprint density at radius 3 is 2.82 bits per heavy atom. The number of amides is 1. The SMILES string of the molecule is COC(=O)Cc1cccc(NC(=O)C(F)(F)c2nccs2)n1. The van der Waals surface area contributed by atoms with Crippen molar-refractivity contribution in [1.29, 1.82) is 0 Å². The smallest absolute Gasteiger partial charge is 0.375 e. The molecule has 0 aromatic carbocycles. The maximum atomic E-state index is 13.9. The molecule has 0 bridgehead atoms. The van der Waals surface area contributed by atoms with E-state index in [9.17, 15) is 18.4 Å². The molecule has 0 aliphatic heterocycles. The van der Waals surface area contributed by atoms with E-state index < -0.39 is 22.8 Å². The van der Waals surface area contributed by atoms with Gasteiger partial charge in [0.15, 0.2) is 5.01 Å². The lowest BCUT2D eigenvalue weighted by Crippen LogP contribution is -2.32. The summed E-state index contributed by atoms with van der Waals surface area (Å²) in [4.78, 5) is 30.2. The maximum absolute atomic E-state index is 13.9. The number of halogens is 2. The number of thiazole rings is 1. The largest absolute Gasteiger partial charge is 0.469 e. The van der Waals surface area contributed by atoms with E-state index in [0.29, 0.717) is 17.0 Å². The Labute approximate surface area is 128 Å². The topological polar surface area (TPSA) is 81.2 Å². The lowest BCUT2D eigenvalue weighted by molar-refractivity contribution is -0.141. The number of esters is 1. The first-order chi connectivity index (χ1) is 10.4. The Kier molecular flexibility index (Phi) is 4.76. The van der Waals surface area contributed by atoms with E-state index in [1.807, 2.05) is 5.32 Å². The number of nitrogens with zero attached hydrogens (tertiary/aromatic N) is 2. The zero-order valence-electron chi connectivity index (χ0n) is 11.4. The molecule has 9 heteroatoms. The Hall–Kier alpha value is -2.42. The average molecular weight is 327 g/mol. The second-order valence-electron chi connectivity index (χ2n) is 4.13. The van der Waals surface area contributed by atoms with Crippen LogP contribution in [-0.4, -0.2) is 29.0 Å². The van der Waals surface area contributed by atoms with Crippen LogP contribution in [0.4, 0.5) is 14.6 Å². The molecular formula is C13H11F2N3O3S. The molecule has 22 heavy (non-hydrogen) atoms. The van der Waals surface area contributed by atoms with Crippen LogP contribution in [-0.2, 0) is 26.7 Å². The minimum atomic E-state index is -3.76. The predicted octanol–water partition coefficient (Wildman–Crippen LogP) is 1.98. The number of hydrogen-bond donors (Lipinski definition) is 1. The molecule has 1 N–H and O–H groups in total. The van der Waals surface area contributed by atoms with Gasteiger partial charge in [0, 0.05) is 11.6 Å². The van der Waals surface area contributed by atoms with Crippen LogP contribution in [0.1, 0.15) is 10.7 Å². The summed E-state index contributed by atoms with van der Waals surface area (Å²) in [6.45, 7) is 0. The number of rotatable bonds is 5. The van der Waals surface area contributed by atoms with E-state index in [1.54, 1.807) is 0 Å². The number of carbonyl (C=O) groups excluding carboxylic acids is 2. The summed E-state index contributed by atoms with van der Waals surface area (Å²) >= 11 is 0.680. The fourth-order valence-electron chi connectivity index (χ4n) is 1.54. The van der Waals surface area contributed by atoms with Crippen molar-refractivity contribution in [2.45, 2.75) is 12.3 Å². The molecule has 116 valence electrons. The van der Waals surface area contributed by atoms with E-state index in [1.165, 1.54) is 36.9 Å². The number of carbonyl (C=O) groups is 2. The van der Waals surface area contributed by atoms with Gasteiger partial charge in [0.05, 0.1) is 19.2 Å². The monoisotopic (exact) mass is 327 g/mol. The van der Waals surface area contributed by atoms with Crippen molar-refractivity contribution >= 4 is 29.0 Å². The van der Waals surface area contributed by atoms with Crippen LogP contribution in [0.15, 0.2) is 29.8 Å². The Morgan fingerprint density at radius 2 is 2.18 bits per heavy atom. The van der Waals surface area contributed by atoms with E-state index in [2.05, 4.69) is 14.7 Å². The van der Waals surface area contributed by atoms with E-state index in [4.69, 9.17) is 0 Å². The summed E-state index contributed by atoms with van der Waals surface area (Å²) in [5.41, 5.74) is 0.294. The van der Waals surface area contributed by atoms with Crippen molar-refractivity contribution in [1.82, 2.24) is 9.97 Å². The Morgan fingerprint density at radius 1 is 1.41 bits per heavy atom. The standard InChI is InChI=1S/C13H11F2N3O3S/c1-21-10(19)7-8-3-2-4-9(17-8)18-11(20)13(14,15)12-16-5-6-22-12/h2-6H,7H2,1H3,(H,17,18,20). The Balaban J connectivity index is 2.12. The van der Waals surface area contributed by atoms with Crippen molar-refractivity contribution in [2.24, 2.45) is 0 Å². The van der Waals surface area contributed by atoms with Gasteiger partial charge in [0.25, 0.3) is 0 Å². The molecule has 0 radical (unpaired) electrons. The van der Waals surface area contributed by atoms with Gasteiger partial charge in [-0.2, -0.15) is 8.78 Å². The highest BCUT2D eigenvalue weighted by atomic mass is 32.1. The number of ether oxygens (including phenoxy) is 1. The molecular weight excluding hydrogens is 316 g/mol. The van der Waals surface area contributed by atoms with E-state index >= 15 is 0 Å². The molecule has 0 aliphatic carbocycles. The van der Waals surface area contributed by atoms with Crippen LogP contribution in [0.5, 0.6) is 0 Å². The summed E-state index contributed by atoms with van der Waals surface area (Å²) in [6, 6.07) is 4.35. The summed E-state index contributed by atoms with van der Waals surface area (Å²) in [6.07, 6.45) is 1.07. The molecule has 2 aromatic heterocycles. The molecule has 2 aromatic rings. The fourth-order valence-corrected chi connectivity index (χ4v) is 2.15. The van der Waals surface area contributed by atoms with Gasteiger partial charge >= 0.3 is 17.8 Å². The van der Waals surface area contributed by atoms with Gasteiger partial charge < -0.3 is 10.1 Å². The van der Waals surface area contributed by atoms with Crippen molar-refractivity contribution in [3.63, 3.8) is 0 Å². The van der Waals surface area contributed by atoms with Crippen LogP contribution in [0.2, 0.25) is 0 Å². The number of methoxy groups -OCH3 is 1. The molecule has 0 spiro atoms. The quantitative estimate of drug-likeness (QED) is 0.849. The van der Waals surface area contributed by atoms with Gasteiger partial charge in [0.2, 0.25) is 0 Å². The molecule has 0 unspecified atom stereocenters. The van der Waals surface area contributed by atoms with Crippen LogP contribution in [0.25, 0.3) is 0 Å².